The van der Waals surface area contributed by atoms with Gasteiger partial charge in [-0.2, -0.15) is 5.21 Å². The number of rotatable bonds is 6. The number of esters is 1. The predicted molar refractivity (Wildman–Crippen MR) is 162 cm³/mol. The third-order valence-electron chi connectivity index (χ3n) is 14.3. The average Bonchev–Trinajstić information content (AvgIpc) is 3.47. The molecule has 6 rings (SSSR count). The number of fused-ring (bicyclic) bond motifs is 7. The van der Waals surface area contributed by atoms with Crippen molar-refractivity contribution in [2.75, 3.05) is 18.5 Å². The third-order valence-corrected chi connectivity index (χ3v) is 14.3. The van der Waals surface area contributed by atoms with E-state index in [1.165, 1.54) is 6.42 Å². The van der Waals surface area contributed by atoms with Gasteiger partial charge in [-0.3, -0.25) is 9.59 Å². The minimum Gasteiger partial charge on any atom is -0.465 e. The van der Waals surface area contributed by atoms with E-state index < -0.39 is 5.41 Å². The highest BCUT2D eigenvalue weighted by Crippen LogP contribution is 2.75. The molecular weight excluding hydrogens is 526 g/mol. The summed E-state index contributed by atoms with van der Waals surface area (Å²) in [6.07, 6.45) is 12.4. The number of anilines is 1. The molecule has 4 fully saturated rings. The standard InChI is InChI=1S/C34H53N5O3/c1-21-11-16-34(28(41)42-20-8-19-35-29-36-38-39-37-29)18-17-32(6)23(27(34)22(21)2)9-10-25-31(5)14-13-26(40)30(3,4)24(31)12-15-33(25,32)7/h9,21-22,24-25,27H,8,10-20H2,1-7H3,(H2,35,36,37,38,39)/t21-,22+,24+,25-,27+,31+,32-,33-,34+/m1/s1. The molecule has 5 aliphatic rings. The molecule has 1 aromatic rings. The highest BCUT2D eigenvalue weighted by molar-refractivity contribution is 5.85. The molecular formula is C34H53N5O3. The van der Waals surface area contributed by atoms with Crippen LogP contribution in [0.15, 0.2) is 11.6 Å². The number of nitrogens with one attached hydrogen (secondary N) is 2. The minimum atomic E-state index is -0.429. The number of carbonyl (C=O) groups excluding carboxylic acids is 2. The van der Waals surface area contributed by atoms with Crippen molar-refractivity contribution in [2.45, 2.75) is 113 Å². The maximum absolute atomic E-state index is 14.1. The molecule has 8 nitrogen and oxygen atoms in total. The average molecular weight is 580 g/mol. The van der Waals surface area contributed by atoms with E-state index in [0.29, 0.717) is 55.0 Å². The molecule has 1 aromatic heterocycles. The Hall–Kier alpha value is -2.25. The van der Waals surface area contributed by atoms with Gasteiger partial charge in [0.25, 0.3) is 5.95 Å². The van der Waals surface area contributed by atoms with Gasteiger partial charge < -0.3 is 10.1 Å². The van der Waals surface area contributed by atoms with Crippen molar-refractivity contribution < 1.29 is 14.3 Å². The number of ketones is 1. The van der Waals surface area contributed by atoms with Crippen LogP contribution in [0.2, 0.25) is 0 Å². The van der Waals surface area contributed by atoms with Crippen molar-refractivity contribution in [2.24, 2.45) is 56.7 Å². The summed E-state index contributed by atoms with van der Waals surface area (Å²) in [5.74, 6) is 3.21. The Labute approximate surface area is 252 Å². The smallest absolute Gasteiger partial charge is 0.312 e. The minimum absolute atomic E-state index is 0.0178. The number of aromatic nitrogens is 4. The quantitative estimate of drug-likeness (QED) is 0.217. The Balaban J connectivity index is 1.28. The summed E-state index contributed by atoms with van der Waals surface area (Å²) in [5.41, 5.74) is 1.29. The van der Waals surface area contributed by atoms with Crippen molar-refractivity contribution in [3.63, 3.8) is 0 Å². The number of hydrogen-bond donors (Lipinski definition) is 2. The Bertz CT molecular complexity index is 1240. The van der Waals surface area contributed by atoms with Gasteiger partial charge >= 0.3 is 5.97 Å². The highest BCUT2D eigenvalue weighted by Gasteiger charge is 2.69. The molecule has 0 aliphatic heterocycles. The Morgan fingerprint density at radius 3 is 2.57 bits per heavy atom. The maximum atomic E-state index is 14.1. The van der Waals surface area contributed by atoms with Gasteiger partial charge in [-0.05, 0) is 109 Å². The van der Waals surface area contributed by atoms with E-state index in [4.69, 9.17) is 4.74 Å². The first kappa shape index (κ1) is 29.8. The number of allylic oxidation sites excluding steroid dienone is 2. The number of tetrazole rings is 1. The van der Waals surface area contributed by atoms with E-state index >= 15 is 0 Å². The van der Waals surface area contributed by atoms with Crippen molar-refractivity contribution in [3.8, 4) is 0 Å². The van der Waals surface area contributed by atoms with Crippen LogP contribution in [0.4, 0.5) is 5.95 Å². The molecule has 0 aromatic carbocycles. The normalized spacial score (nSPS) is 44.1. The van der Waals surface area contributed by atoms with Crippen LogP contribution in [0.5, 0.6) is 0 Å². The van der Waals surface area contributed by atoms with Crippen LogP contribution in [0, 0.1) is 56.7 Å². The fourth-order valence-electron chi connectivity index (χ4n) is 11.5. The lowest BCUT2D eigenvalue weighted by Gasteiger charge is -2.70. The first-order valence-electron chi connectivity index (χ1n) is 16.7. The number of H-pyrrole nitrogens is 1. The fraction of sp³-hybridized carbons (Fsp3) is 0.853. The van der Waals surface area contributed by atoms with Crippen LogP contribution in [-0.2, 0) is 14.3 Å². The van der Waals surface area contributed by atoms with Crippen LogP contribution in [0.25, 0.3) is 0 Å². The maximum Gasteiger partial charge on any atom is 0.312 e. The number of nitrogens with zero attached hydrogens (tertiary/aromatic N) is 3. The predicted octanol–water partition coefficient (Wildman–Crippen LogP) is 6.77. The lowest BCUT2D eigenvalue weighted by molar-refractivity contribution is -0.192. The van der Waals surface area contributed by atoms with Gasteiger partial charge in [0, 0.05) is 18.4 Å². The molecule has 0 bridgehead atoms. The van der Waals surface area contributed by atoms with Gasteiger partial charge in [-0.1, -0.05) is 65.2 Å². The van der Waals surface area contributed by atoms with Crippen molar-refractivity contribution in [1.29, 1.82) is 0 Å². The molecule has 0 saturated heterocycles. The fourth-order valence-corrected chi connectivity index (χ4v) is 11.5. The molecule has 4 saturated carbocycles. The molecule has 0 amide bonds. The Kier molecular flexibility index (Phi) is 7.20. The first-order chi connectivity index (χ1) is 19.8. The summed E-state index contributed by atoms with van der Waals surface area (Å²) in [6.45, 7) is 17.9. The molecule has 5 aliphatic carbocycles. The van der Waals surface area contributed by atoms with E-state index in [1.54, 1.807) is 5.57 Å². The van der Waals surface area contributed by atoms with Gasteiger partial charge in [0.05, 0.1) is 12.0 Å². The molecule has 0 unspecified atom stereocenters. The van der Waals surface area contributed by atoms with Crippen LogP contribution in [0.1, 0.15) is 113 Å². The largest absolute Gasteiger partial charge is 0.465 e. The number of ether oxygens (including phenoxy) is 1. The van der Waals surface area contributed by atoms with Gasteiger partial charge in [-0.25, -0.2) is 0 Å². The summed E-state index contributed by atoms with van der Waals surface area (Å²) >= 11 is 0. The van der Waals surface area contributed by atoms with E-state index in [0.717, 1.165) is 51.4 Å². The summed E-state index contributed by atoms with van der Waals surface area (Å²) in [7, 11) is 0. The Morgan fingerprint density at radius 2 is 1.83 bits per heavy atom. The van der Waals surface area contributed by atoms with E-state index in [1.807, 2.05) is 0 Å². The molecule has 8 heteroatoms. The van der Waals surface area contributed by atoms with Gasteiger partial charge in [0.2, 0.25) is 0 Å². The van der Waals surface area contributed by atoms with E-state index in [9.17, 15) is 9.59 Å². The first-order valence-corrected chi connectivity index (χ1v) is 16.7. The summed E-state index contributed by atoms with van der Waals surface area (Å²) < 4.78 is 6.11. The highest BCUT2D eigenvalue weighted by atomic mass is 16.5. The second-order valence-corrected chi connectivity index (χ2v) is 16.1. The summed E-state index contributed by atoms with van der Waals surface area (Å²) in [6, 6.07) is 0. The van der Waals surface area contributed by atoms with Gasteiger partial charge in [0.15, 0.2) is 0 Å². The number of Topliss-reactive ketones (excluding diaryl/α,β-unsaturated/α-hetero) is 1. The lowest BCUT2D eigenvalue weighted by atomic mass is 9.33. The number of carbonyl (C=O) groups is 2. The summed E-state index contributed by atoms with van der Waals surface area (Å²) in [4.78, 5) is 27.2. The summed E-state index contributed by atoms with van der Waals surface area (Å²) in [5, 5.41) is 17.0. The zero-order chi connectivity index (χ0) is 30.1. The molecule has 232 valence electrons. The van der Waals surface area contributed by atoms with Crippen molar-refractivity contribution in [3.05, 3.63) is 11.6 Å². The van der Waals surface area contributed by atoms with E-state index in [-0.39, 0.29) is 33.5 Å². The molecule has 0 spiro atoms. The van der Waals surface area contributed by atoms with Crippen molar-refractivity contribution >= 4 is 17.7 Å². The molecule has 9 atom stereocenters. The molecule has 42 heavy (non-hydrogen) atoms. The van der Waals surface area contributed by atoms with Crippen molar-refractivity contribution in [1.82, 2.24) is 20.6 Å². The zero-order valence-electron chi connectivity index (χ0n) is 27.0. The van der Waals surface area contributed by atoms with Crippen LogP contribution >= 0.6 is 0 Å². The zero-order valence-corrected chi connectivity index (χ0v) is 27.0. The van der Waals surface area contributed by atoms with Gasteiger partial charge in [0.1, 0.15) is 5.78 Å². The monoisotopic (exact) mass is 579 g/mol. The third kappa shape index (κ3) is 4.08. The molecule has 1 heterocycles. The van der Waals surface area contributed by atoms with Gasteiger partial charge in [-0.15, -0.1) is 5.10 Å². The van der Waals surface area contributed by atoms with Crippen LogP contribution in [0.3, 0.4) is 0 Å². The van der Waals surface area contributed by atoms with E-state index in [2.05, 4.69) is 80.5 Å². The molecule has 2 N–H and O–H groups in total. The number of hydrogen-bond acceptors (Lipinski definition) is 7. The second-order valence-electron chi connectivity index (χ2n) is 16.1. The topological polar surface area (TPSA) is 110 Å². The molecule has 0 radical (unpaired) electrons. The second kappa shape index (κ2) is 10.2. The van der Waals surface area contributed by atoms with Crippen LogP contribution < -0.4 is 5.32 Å². The van der Waals surface area contributed by atoms with Crippen LogP contribution in [-0.4, -0.2) is 45.5 Å². The SMILES string of the molecule is C[C@H]1[C@H](C)CC[C@]2(C(=O)OCCCNc3nn[nH]n3)CC[C@]3(C)C(=CC[C@@H]4[C@@]5(C)CCC(=O)C(C)(C)[C@@H]5CC[C@]43C)[C@H]12. The number of aromatic amines is 1. The lowest BCUT2D eigenvalue weighted by Crippen LogP contribution is -2.65. The Morgan fingerprint density at radius 1 is 1.05 bits per heavy atom.